The quantitative estimate of drug-likeness (QED) is 0.735. The molecule has 1 aromatic rings. The first-order chi connectivity index (χ1) is 12.6. The van der Waals surface area contributed by atoms with Gasteiger partial charge >= 0.3 is 0 Å². The number of nitriles is 1. The molecule has 1 aliphatic carbocycles. The monoisotopic (exact) mass is 416 g/mol. The molecule has 5 nitrogen and oxygen atoms in total. The van der Waals surface area contributed by atoms with Crippen LogP contribution < -0.4 is 14.8 Å². The van der Waals surface area contributed by atoms with Crippen molar-refractivity contribution < 1.29 is 14.3 Å². The van der Waals surface area contributed by atoms with Crippen LogP contribution in [-0.2, 0) is 4.79 Å². The second kappa shape index (κ2) is 7.96. The number of nitrogens with zero attached hydrogens (tertiary/aromatic N) is 1. The average Bonchev–Trinajstić information content (AvgIpc) is 2.65. The lowest BCUT2D eigenvalue weighted by Gasteiger charge is -2.33. The van der Waals surface area contributed by atoms with Gasteiger partial charge in [-0.1, -0.05) is 22.0 Å². The first-order valence-electron chi connectivity index (χ1n) is 8.61. The zero-order valence-electron chi connectivity index (χ0n) is 14.9. The zero-order chi connectivity index (χ0) is 18.7. The molecule has 26 heavy (non-hydrogen) atoms. The average molecular weight is 417 g/mol. The topological polar surface area (TPSA) is 71.3 Å². The Morgan fingerprint density at radius 1 is 1.38 bits per heavy atom. The van der Waals surface area contributed by atoms with Crippen LogP contribution in [0.3, 0.4) is 0 Å². The van der Waals surface area contributed by atoms with Gasteiger partial charge in [0.05, 0.1) is 31.3 Å². The van der Waals surface area contributed by atoms with Gasteiger partial charge in [0.2, 0.25) is 0 Å². The van der Waals surface area contributed by atoms with E-state index in [-0.39, 0.29) is 5.78 Å². The first-order valence-corrected chi connectivity index (χ1v) is 9.73. The number of halogens is 1. The summed E-state index contributed by atoms with van der Waals surface area (Å²) < 4.78 is 11.2. The van der Waals surface area contributed by atoms with Gasteiger partial charge in [0, 0.05) is 40.3 Å². The highest BCUT2D eigenvalue weighted by Gasteiger charge is 2.37. The fourth-order valence-electron chi connectivity index (χ4n) is 3.62. The molecule has 1 N–H and O–H groups in total. The van der Waals surface area contributed by atoms with Crippen molar-refractivity contribution in [2.45, 2.75) is 32.1 Å². The first kappa shape index (κ1) is 18.5. The van der Waals surface area contributed by atoms with Crippen molar-refractivity contribution >= 4 is 21.7 Å². The summed E-state index contributed by atoms with van der Waals surface area (Å²) in [7, 11) is 1.59. The number of ether oxygens (including phenoxy) is 2. The Balaban J connectivity index is 2.12. The van der Waals surface area contributed by atoms with Crippen LogP contribution in [0.5, 0.6) is 11.5 Å². The maximum atomic E-state index is 12.7. The van der Waals surface area contributed by atoms with E-state index in [1.807, 2.05) is 25.1 Å². The summed E-state index contributed by atoms with van der Waals surface area (Å²) in [6.07, 6.45) is 2.18. The highest BCUT2D eigenvalue weighted by atomic mass is 79.9. The molecule has 0 spiro atoms. The SMILES string of the molecule is COc1cc(OCCBr)ccc1C1C(C#N)=C(C)NC2=C1C(=O)CCC2. The van der Waals surface area contributed by atoms with Crippen molar-refractivity contribution in [3.05, 3.63) is 46.3 Å². The van der Waals surface area contributed by atoms with E-state index >= 15 is 0 Å². The van der Waals surface area contributed by atoms with Crippen molar-refractivity contribution in [3.63, 3.8) is 0 Å². The van der Waals surface area contributed by atoms with Gasteiger partial charge in [-0.2, -0.15) is 5.26 Å². The predicted molar refractivity (Wildman–Crippen MR) is 102 cm³/mol. The molecule has 2 aliphatic rings. The Kier molecular flexibility index (Phi) is 5.67. The lowest BCUT2D eigenvalue weighted by atomic mass is 9.75. The van der Waals surface area contributed by atoms with E-state index in [0.29, 0.717) is 35.7 Å². The molecule has 0 bridgehead atoms. The fraction of sp³-hybridized carbons (Fsp3) is 0.400. The van der Waals surface area contributed by atoms with Gasteiger partial charge in [-0.3, -0.25) is 4.79 Å². The number of allylic oxidation sites excluding steroid dienone is 4. The number of ketones is 1. The van der Waals surface area contributed by atoms with Crippen LogP contribution in [0.1, 0.15) is 37.7 Å². The minimum absolute atomic E-state index is 0.102. The lowest BCUT2D eigenvalue weighted by Crippen LogP contribution is -2.31. The Morgan fingerprint density at radius 2 is 2.19 bits per heavy atom. The molecular formula is C20H21BrN2O3. The Morgan fingerprint density at radius 3 is 2.88 bits per heavy atom. The number of benzene rings is 1. The van der Waals surface area contributed by atoms with Crippen molar-refractivity contribution in [1.29, 1.82) is 5.26 Å². The normalized spacial score (nSPS) is 19.6. The zero-order valence-corrected chi connectivity index (χ0v) is 16.5. The number of alkyl halides is 1. The minimum atomic E-state index is -0.399. The van der Waals surface area contributed by atoms with Crippen LogP contribution >= 0.6 is 15.9 Å². The summed E-state index contributed by atoms with van der Waals surface area (Å²) in [6.45, 7) is 2.43. The maximum Gasteiger partial charge on any atom is 0.161 e. The summed E-state index contributed by atoms with van der Waals surface area (Å²) in [4.78, 5) is 12.7. The van der Waals surface area contributed by atoms with Crippen LogP contribution in [0.4, 0.5) is 0 Å². The number of rotatable bonds is 5. The van der Waals surface area contributed by atoms with E-state index in [4.69, 9.17) is 9.47 Å². The second-order valence-electron chi connectivity index (χ2n) is 6.32. The third-order valence-electron chi connectivity index (χ3n) is 4.76. The molecular weight excluding hydrogens is 396 g/mol. The molecule has 0 amide bonds. The number of hydrogen-bond acceptors (Lipinski definition) is 5. The predicted octanol–water partition coefficient (Wildman–Crippen LogP) is 3.96. The summed E-state index contributed by atoms with van der Waals surface area (Å²) in [5.41, 5.74) is 3.81. The van der Waals surface area contributed by atoms with E-state index in [0.717, 1.165) is 35.1 Å². The molecule has 1 aromatic carbocycles. The molecule has 1 heterocycles. The standard InChI is InChI=1S/C20H21BrN2O3/c1-12-15(11-22)19(20-16(23-12)4-3-5-17(20)24)14-7-6-13(26-9-8-21)10-18(14)25-2/h6-7,10,19,23H,3-5,8-9H2,1-2H3. The Labute approximate surface area is 161 Å². The Hall–Kier alpha value is -2.26. The molecule has 0 fully saturated rings. The third-order valence-corrected chi connectivity index (χ3v) is 5.08. The number of Topliss-reactive ketones (excluding diaryl/α,β-unsaturated/α-hetero) is 1. The van der Waals surface area contributed by atoms with Crippen molar-refractivity contribution in [1.82, 2.24) is 5.32 Å². The molecule has 3 rings (SSSR count). The lowest BCUT2D eigenvalue weighted by molar-refractivity contribution is -0.116. The van der Waals surface area contributed by atoms with E-state index in [1.165, 1.54) is 0 Å². The number of carbonyl (C=O) groups is 1. The molecule has 1 aliphatic heterocycles. The van der Waals surface area contributed by atoms with Gasteiger partial charge in [0.1, 0.15) is 11.5 Å². The molecule has 0 radical (unpaired) electrons. The summed E-state index contributed by atoms with van der Waals surface area (Å²) in [5, 5.41) is 13.8. The fourth-order valence-corrected chi connectivity index (χ4v) is 3.78. The Bertz CT molecular complexity index is 836. The molecule has 6 heteroatoms. The van der Waals surface area contributed by atoms with Crippen molar-refractivity contribution in [2.24, 2.45) is 0 Å². The summed E-state index contributed by atoms with van der Waals surface area (Å²) >= 11 is 3.34. The van der Waals surface area contributed by atoms with Crippen LogP contribution in [0.25, 0.3) is 0 Å². The van der Waals surface area contributed by atoms with Gasteiger partial charge in [-0.25, -0.2) is 0 Å². The van der Waals surface area contributed by atoms with Gasteiger partial charge in [0.15, 0.2) is 5.78 Å². The molecule has 0 aromatic heterocycles. The summed E-state index contributed by atoms with van der Waals surface area (Å²) in [6, 6.07) is 7.87. The van der Waals surface area contributed by atoms with Crippen LogP contribution in [-0.4, -0.2) is 24.8 Å². The molecule has 1 unspecified atom stereocenters. The number of nitrogens with one attached hydrogen (secondary N) is 1. The largest absolute Gasteiger partial charge is 0.496 e. The highest BCUT2D eigenvalue weighted by molar-refractivity contribution is 9.09. The minimum Gasteiger partial charge on any atom is -0.496 e. The van der Waals surface area contributed by atoms with Crippen molar-refractivity contribution in [2.75, 3.05) is 19.0 Å². The molecule has 1 atom stereocenters. The highest BCUT2D eigenvalue weighted by Crippen LogP contribution is 2.45. The molecule has 136 valence electrons. The maximum absolute atomic E-state index is 12.7. The number of hydrogen-bond donors (Lipinski definition) is 1. The van der Waals surface area contributed by atoms with Crippen LogP contribution in [0.2, 0.25) is 0 Å². The third kappa shape index (κ3) is 3.36. The van der Waals surface area contributed by atoms with Crippen molar-refractivity contribution in [3.8, 4) is 17.6 Å². The van der Waals surface area contributed by atoms with Gasteiger partial charge in [-0.05, 0) is 25.8 Å². The molecule has 0 saturated heterocycles. The van der Waals surface area contributed by atoms with E-state index < -0.39 is 5.92 Å². The van der Waals surface area contributed by atoms with E-state index in [1.54, 1.807) is 7.11 Å². The number of dihydropyridines is 1. The van der Waals surface area contributed by atoms with Gasteiger partial charge in [0.25, 0.3) is 0 Å². The summed E-state index contributed by atoms with van der Waals surface area (Å²) in [5.74, 6) is 1.02. The van der Waals surface area contributed by atoms with E-state index in [9.17, 15) is 10.1 Å². The smallest absolute Gasteiger partial charge is 0.161 e. The van der Waals surface area contributed by atoms with Crippen LogP contribution in [0, 0.1) is 11.3 Å². The van der Waals surface area contributed by atoms with Gasteiger partial charge in [-0.15, -0.1) is 0 Å². The van der Waals surface area contributed by atoms with Gasteiger partial charge < -0.3 is 14.8 Å². The van der Waals surface area contributed by atoms with Crippen LogP contribution in [0.15, 0.2) is 40.7 Å². The molecule has 0 saturated carbocycles. The van der Waals surface area contributed by atoms with E-state index in [2.05, 4.69) is 27.3 Å². The second-order valence-corrected chi connectivity index (χ2v) is 7.11. The number of carbonyl (C=O) groups excluding carboxylic acids is 1. The number of methoxy groups -OCH3 is 1.